The molecule has 5 rings (SSSR count). The lowest BCUT2D eigenvalue weighted by Gasteiger charge is -2.44. The summed E-state index contributed by atoms with van der Waals surface area (Å²) < 4.78 is 11.8. The van der Waals surface area contributed by atoms with Crippen LogP contribution in [0.2, 0.25) is 10.0 Å². The minimum Gasteiger partial charge on any atom is -0.490 e. The van der Waals surface area contributed by atoms with E-state index in [1.807, 2.05) is 79.4 Å². The maximum Gasteiger partial charge on any atom is 0.249 e. The largest absolute Gasteiger partial charge is 0.490 e. The first-order valence-electron chi connectivity index (χ1n) is 15.1. The summed E-state index contributed by atoms with van der Waals surface area (Å²) in [6.07, 6.45) is 2.19. The topological polar surface area (TPSA) is 79.9 Å². The number of hydrogen-bond donors (Lipinski definition) is 2. The number of benzene rings is 3. The van der Waals surface area contributed by atoms with E-state index in [-0.39, 0.29) is 23.9 Å². The molecule has 2 bridgehead atoms. The van der Waals surface area contributed by atoms with E-state index in [1.54, 1.807) is 6.92 Å². The first-order valence-corrected chi connectivity index (χ1v) is 15.8. The summed E-state index contributed by atoms with van der Waals surface area (Å²) in [5, 5.41) is 8.04. The summed E-state index contributed by atoms with van der Waals surface area (Å²) in [7, 11) is 0. The Morgan fingerprint density at radius 3 is 2.43 bits per heavy atom. The van der Waals surface area contributed by atoms with Crippen LogP contribution in [0.3, 0.4) is 0 Å². The lowest BCUT2D eigenvalue weighted by Crippen LogP contribution is -2.61. The Morgan fingerprint density at radius 2 is 1.68 bits per heavy atom. The summed E-state index contributed by atoms with van der Waals surface area (Å²) in [4.78, 5) is 27.7. The summed E-state index contributed by atoms with van der Waals surface area (Å²) in [6, 6.07) is 19.3. The number of carbonyl (C=O) groups is 2. The van der Waals surface area contributed by atoms with Crippen LogP contribution >= 0.6 is 23.2 Å². The van der Waals surface area contributed by atoms with E-state index in [0.29, 0.717) is 61.4 Å². The van der Waals surface area contributed by atoms with Crippen LogP contribution < -0.4 is 20.1 Å². The molecule has 9 heteroatoms. The van der Waals surface area contributed by atoms with Crippen LogP contribution in [-0.2, 0) is 16.0 Å². The van der Waals surface area contributed by atoms with Crippen LogP contribution in [0.25, 0.3) is 5.57 Å². The fraction of sp³-hybridized carbons (Fsp3) is 0.371. The summed E-state index contributed by atoms with van der Waals surface area (Å²) in [5.41, 5.74) is 5.98. The van der Waals surface area contributed by atoms with E-state index < -0.39 is 0 Å². The van der Waals surface area contributed by atoms with Crippen molar-refractivity contribution >= 4 is 40.6 Å². The average Bonchev–Trinajstić information content (AvgIpc) is 3.00. The predicted octanol–water partition coefficient (Wildman–Crippen LogP) is 6.16. The van der Waals surface area contributed by atoms with Gasteiger partial charge in [-0.25, -0.2) is 0 Å². The molecule has 0 aromatic heterocycles. The molecule has 3 aromatic carbocycles. The molecule has 232 valence electrons. The van der Waals surface area contributed by atoms with Crippen molar-refractivity contribution in [2.45, 2.75) is 52.1 Å². The highest BCUT2D eigenvalue weighted by atomic mass is 35.5. The Kier molecular flexibility index (Phi) is 10.5. The van der Waals surface area contributed by atoms with Crippen LogP contribution in [0.4, 0.5) is 0 Å². The number of amides is 2. The summed E-state index contributed by atoms with van der Waals surface area (Å²) >= 11 is 12.6. The van der Waals surface area contributed by atoms with Gasteiger partial charge >= 0.3 is 0 Å². The number of halogens is 2. The minimum absolute atomic E-state index is 0.0229. The lowest BCUT2D eigenvalue weighted by atomic mass is 9.83. The number of nitrogens with zero attached hydrogens (tertiary/aromatic N) is 1. The third-order valence-corrected chi connectivity index (χ3v) is 8.99. The van der Waals surface area contributed by atoms with Crippen molar-refractivity contribution in [2.24, 2.45) is 0 Å². The van der Waals surface area contributed by atoms with Crippen molar-refractivity contribution in [3.8, 4) is 11.5 Å². The van der Waals surface area contributed by atoms with E-state index >= 15 is 0 Å². The van der Waals surface area contributed by atoms with Crippen LogP contribution in [-0.4, -0.2) is 61.6 Å². The fourth-order valence-corrected chi connectivity index (χ4v) is 6.35. The summed E-state index contributed by atoms with van der Waals surface area (Å²) in [6.45, 7) is 7.95. The molecule has 0 saturated carbocycles. The smallest absolute Gasteiger partial charge is 0.249 e. The van der Waals surface area contributed by atoms with Gasteiger partial charge in [0, 0.05) is 43.2 Å². The van der Waals surface area contributed by atoms with Gasteiger partial charge < -0.3 is 25.0 Å². The molecule has 0 radical (unpaired) electrons. The van der Waals surface area contributed by atoms with Gasteiger partial charge in [-0.2, -0.15) is 0 Å². The van der Waals surface area contributed by atoms with Gasteiger partial charge in [0.1, 0.15) is 24.7 Å². The molecule has 2 atom stereocenters. The predicted molar refractivity (Wildman–Crippen MR) is 176 cm³/mol. The third kappa shape index (κ3) is 7.76. The van der Waals surface area contributed by atoms with Gasteiger partial charge in [0.2, 0.25) is 11.8 Å². The number of fused-ring (bicyclic) bond motifs is 2. The van der Waals surface area contributed by atoms with E-state index in [4.69, 9.17) is 32.7 Å². The normalized spacial score (nSPS) is 17.8. The van der Waals surface area contributed by atoms with Crippen LogP contribution in [0.15, 0.2) is 66.2 Å². The monoisotopic (exact) mass is 635 g/mol. The standard InChI is InChI=1S/C35H39Cl2N3O4/c1-22-17-31(37)33(18-23(22)2)44-16-15-43-28-12-10-25(11-13-28)29-19-27-20-40(24(3)41)21-32(39-27)34(29)35(42)38-14-6-8-26-7-4-5-9-30(26)36/h4-5,7,9-13,17-18,27,32,39H,6,8,14-16,19-21H2,1-3H3,(H,38,42)/t27-,32-/m1/s1. The van der Waals surface area contributed by atoms with Crippen molar-refractivity contribution in [3.05, 3.63) is 98.5 Å². The zero-order valence-electron chi connectivity index (χ0n) is 25.4. The fourth-order valence-electron chi connectivity index (χ4n) is 5.85. The Balaban J connectivity index is 1.25. The van der Waals surface area contributed by atoms with Crippen molar-refractivity contribution in [1.29, 1.82) is 0 Å². The van der Waals surface area contributed by atoms with Gasteiger partial charge in [-0.3, -0.25) is 9.59 Å². The first kappa shape index (κ1) is 31.9. The van der Waals surface area contributed by atoms with Gasteiger partial charge in [0.25, 0.3) is 0 Å². The van der Waals surface area contributed by atoms with Gasteiger partial charge in [-0.15, -0.1) is 0 Å². The molecule has 7 nitrogen and oxygen atoms in total. The Labute approximate surface area is 269 Å². The molecule has 3 aromatic rings. The quantitative estimate of drug-likeness (QED) is 0.247. The van der Waals surface area contributed by atoms with Crippen molar-refractivity contribution in [2.75, 3.05) is 32.8 Å². The molecule has 0 aliphatic carbocycles. The molecule has 2 aliphatic rings. The SMILES string of the molecule is CC(=O)N1C[C@H]2CC(c3ccc(OCCOc4cc(C)c(C)cc4Cl)cc3)=C(C(=O)NCCCc3ccccc3Cl)[C@@H](C1)N2. The van der Waals surface area contributed by atoms with Gasteiger partial charge in [0.05, 0.1) is 11.1 Å². The molecule has 1 fully saturated rings. The van der Waals surface area contributed by atoms with E-state index in [9.17, 15) is 9.59 Å². The number of rotatable bonds is 11. The Hall–Kier alpha value is -3.52. The average molecular weight is 637 g/mol. The molecule has 2 heterocycles. The lowest BCUT2D eigenvalue weighted by molar-refractivity contribution is -0.131. The Bertz CT molecular complexity index is 1540. The van der Waals surface area contributed by atoms with Crippen molar-refractivity contribution in [3.63, 3.8) is 0 Å². The number of ether oxygens (including phenoxy) is 2. The molecule has 2 aliphatic heterocycles. The number of nitrogens with one attached hydrogen (secondary N) is 2. The Morgan fingerprint density at radius 1 is 0.955 bits per heavy atom. The maximum atomic E-state index is 13.7. The van der Waals surface area contributed by atoms with Crippen LogP contribution in [0, 0.1) is 13.8 Å². The molecular weight excluding hydrogens is 597 g/mol. The summed E-state index contributed by atoms with van der Waals surface area (Å²) in [5.74, 6) is 1.28. The second-order valence-corrected chi connectivity index (χ2v) is 12.3. The third-order valence-electron chi connectivity index (χ3n) is 8.32. The minimum atomic E-state index is -0.240. The second-order valence-electron chi connectivity index (χ2n) is 11.5. The van der Waals surface area contributed by atoms with E-state index in [0.717, 1.165) is 45.7 Å². The van der Waals surface area contributed by atoms with Gasteiger partial charge in [-0.05, 0) is 91.3 Å². The molecule has 44 heavy (non-hydrogen) atoms. The van der Waals surface area contributed by atoms with Gasteiger partial charge in [-0.1, -0.05) is 53.5 Å². The van der Waals surface area contributed by atoms with Crippen molar-refractivity contribution < 1.29 is 19.1 Å². The number of piperazine rings is 1. The molecule has 2 amide bonds. The van der Waals surface area contributed by atoms with E-state index in [1.165, 1.54) is 0 Å². The molecular formula is C35H39Cl2N3O4. The van der Waals surface area contributed by atoms with Crippen molar-refractivity contribution in [1.82, 2.24) is 15.5 Å². The zero-order valence-corrected chi connectivity index (χ0v) is 26.9. The zero-order chi connectivity index (χ0) is 31.2. The molecule has 0 unspecified atom stereocenters. The van der Waals surface area contributed by atoms with Crippen LogP contribution in [0.1, 0.15) is 42.0 Å². The second kappa shape index (κ2) is 14.5. The number of aryl methyl sites for hydroxylation is 3. The highest BCUT2D eigenvalue weighted by Gasteiger charge is 2.39. The molecule has 2 N–H and O–H groups in total. The first-order chi connectivity index (χ1) is 21.2. The number of hydrogen-bond acceptors (Lipinski definition) is 5. The molecule has 0 spiro atoms. The highest BCUT2D eigenvalue weighted by molar-refractivity contribution is 6.32. The number of carbonyl (C=O) groups excluding carboxylic acids is 2. The van der Waals surface area contributed by atoms with Gasteiger partial charge in [0.15, 0.2) is 0 Å². The maximum absolute atomic E-state index is 13.7. The van der Waals surface area contributed by atoms with Crippen LogP contribution in [0.5, 0.6) is 11.5 Å². The van der Waals surface area contributed by atoms with E-state index in [2.05, 4.69) is 10.6 Å². The highest BCUT2D eigenvalue weighted by Crippen LogP contribution is 2.34. The molecule has 1 saturated heterocycles.